The van der Waals surface area contributed by atoms with Crippen molar-refractivity contribution in [1.82, 2.24) is 4.98 Å². The Labute approximate surface area is 117 Å². The van der Waals surface area contributed by atoms with E-state index in [0.29, 0.717) is 5.69 Å². The fourth-order valence-corrected chi connectivity index (χ4v) is 1.91. The molecule has 19 heavy (non-hydrogen) atoms. The van der Waals surface area contributed by atoms with Crippen molar-refractivity contribution >= 4 is 21.7 Å². The van der Waals surface area contributed by atoms with Crippen molar-refractivity contribution in [2.45, 2.75) is 12.8 Å². The van der Waals surface area contributed by atoms with Gasteiger partial charge in [0, 0.05) is 34.8 Å². The Kier molecular flexibility index (Phi) is 4.37. The Hall–Kier alpha value is -1.62. The standard InChI is InChI=1S/C14H10BrF2NO/c15-9-4-5-10(18-8-9)6-11(19)7-12-13(16)2-1-3-14(12)17/h1-5,8H,6-7H2. The van der Waals surface area contributed by atoms with E-state index in [1.54, 1.807) is 18.3 Å². The number of aromatic nitrogens is 1. The molecule has 1 aromatic heterocycles. The number of hydrogen-bond donors (Lipinski definition) is 0. The lowest BCUT2D eigenvalue weighted by molar-refractivity contribution is -0.117. The Morgan fingerprint density at radius 3 is 2.37 bits per heavy atom. The highest BCUT2D eigenvalue weighted by atomic mass is 79.9. The molecule has 0 unspecified atom stereocenters. The van der Waals surface area contributed by atoms with Crippen molar-refractivity contribution in [2.24, 2.45) is 0 Å². The van der Waals surface area contributed by atoms with E-state index in [0.717, 1.165) is 16.6 Å². The van der Waals surface area contributed by atoms with Crippen molar-refractivity contribution < 1.29 is 13.6 Å². The SMILES string of the molecule is O=C(Cc1ccc(Br)cn1)Cc1c(F)cccc1F. The van der Waals surface area contributed by atoms with Gasteiger partial charge >= 0.3 is 0 Å². The van der Waals surface area contributed by atoms with Crippen LogP contribution >= 0.6 is 15.9 Å². The number of Topliss-reactive ketones (excluding diaryl/α,β-unsaturated/α-hetero) is 1. The van der Waals surface area contributed by atoms with Gasteiger partial charge in [0.15, 0.2) is 0 Å². The molecule has 1 aromatic carbocycles. The lowest BCUT2D eigenvalue weighted by Crippen LogP contribution is -2.10. The average Bonchev–Trinajstić information content (AvgIpc) is 2.37. The Bertz CT molecular complexity index is 579. The van der Waals surface area contributed by atoms with Gasteiger partial charge in [-0.05, 0) is 40.2 Å². The summed E-state index contributed by atoms with van der Waals surface area (Å²) in [7, 11) is 0. The molecule has 0 N–H and O–H groups in total. The summed E-state index contributed by atoms with van der Waals surface area (Å²) in [4.78, 5) is 15.8. The van der Waals surface area contributed by atoms with Crippen LogP contribution in [-0.4, -0.2) is 10.8 Å². The highest BCUT2D eigenvalue weighted by molar-refractivity contribution is 9.10. The molecule has 0 fully saturated rings. The van der Waals surface area contributed by atoms with Crippen LogP contribution in [0.1, 0.15) is 11.3 Å². The number of benzene rings is 1. The van der Waals surface area contributed by atoms with Crippen molar-refractivity contribution in [3.63, 3.8) is 0 Å². The molecule has 0 saturated carbocycles. The Morgan fingerprint density at radius 2 is 1.79 bits per heavy atom. The number of rotatable bonds is 4. The number of halogens is 3. The maximum Gasteiger partial charge on any atom is 0.143 e. The van der Waals surface area contributed by atoms with Crippen molar-refractivity contribution in [3.05, 3.63) is 63.9 Å². The molecule has 0 spiro atoms. The first-order valence-electron chi connectivity index (χ1n) is 5.61. The molecule has 0 saturated heterocycles. The molecular formula is C14H10BrF2NO. The third-order valence-corrected chi connectivity index (χ3v) is 3.07. The number of nitrogens with zero attached hydrogens (tertiary/aromatic N) is 1. The minimum Gasteiger partial charge on any atom is -0.299 e. The summed E-state index contributed by atoms with van der Waals surface area (Å²) in [6, 6.07) is 7.01. The first-order valence-corrected chi connectivity index (χ1v) is 6.40. The maximum absolute atomic E-state index is 13.4. The van der Waals surface area contributed by atoms with E-state index in [4.69, 9.17) is 0 Å². The lowest BCUT2D eigenvalue weighted by atomic mass is 10.0. The van der Waals surface area contributed by atoms with Gasteiger partial charge in [0.05, 0.1) is 0 Å². The third kappa shape index (κ3) is 3.67. The molecule has 0 aliphatic carbocycles. The maximum atomic E-state index is 13.4. The summed E-state index contributed by atoms with van der Waals surface area (Å²) < 4.78 is 27.6. The van der Waals surface area contributed by atoms with Crippen molar-refractivity contribution in [2.75, 3.05) is 0 Å². The van der Waals surface area contributed by atoms with Crippen LogP contribution in [0.4, 0.5) is 8.78 Å². The summed E-state index contributed by atoms with van der Waals surface area (Å²) in [5.74, 6) is -1.67. The number of carbonyl (C=O) groups is 1. The first kappa shape index (κ1) is 13.8. The summed E-state index contributed by atoms with van der Waals surface area (Å²) in [5.41, 5.74) is 0.384. The van der Waals surface area contributed by atoms with Gasteiger partial charge in [0.2, 0.25) is 0 Å². The quantitative estimate of drug-likeness (QED) is 0.861. The second kappa shape index (κ2) is 6.02. The van der Waals surface area contributed by atoms with Gasteiger partial charge in [-0.3, -0.25) is 9.78 Å². The van der Waals surface area contributed by atoms with Gasteiger partial charge in [0.1, 0.15) is 17.4 Å². The number of pyridine rings is 1. The zero-order chi connectivity index (χ0) is 13.8. The van der Waals surface area contributed by atoms with Gasteiger partial charge in [-0.15, -0.1) is 0 Å². The fraction of sp³-hybridized carbons (Fsp3) is 0.143. The fourth-order valence-electron chi connectivity index (χ4n) is 1.67. The van der Waals surface area contributed by atoms with E-state index in [9.17, 15) is 13.6 Å². The highest BCUT2D eigenvalue weighted by Gasteiger charge is 2.13. The van der Waals surface area contributed by atoms with Crippen LogP contribution in [-0.2, 0) is 17.6 Å². The lowest BCUT2D eigenvalue weighted by Gasteiger charge is -2.04. The van der Waals surface area contributed by atoms with Crippen molar-refractivity contribution in [1.29, 1.82) is 0 Å². The van der Waals surface area contributed by atoms with Gasteiger partial charge < -0.3 is 0 Å². The van der Waals surface area contributed by atoms with E-state index in [1.165, 1.54) is 6.07 Å². The summed E-state index contributed by atoms with van der Waals surface area (Å²) in [5, 5.41) is 0. The molecule has 2 nitrogen and oxygen atoms in total. The predicted octanol–water partition coefficient (Wildman–Crippen LogP) is 3.48. The molecule has 2 aromatic rings. The van der Waals surface area contributed by atoms with E-state index >= 15 is 0 Å². The van der Waals surface area contributed by atoms with Crippen LogP contribution in [0.25, 0.3) is 0 Å². The molecule has 0 amide bonds. The van der Waals surface area contributed by atoms with Crippen LogP contribution in [0.3, 0.4) is 0 Å². The van der Waals surface area contributed by atoms with E-state index < -0.39 is 11.6 Å². The van der Waals surface area contributed by atoms with Crippen LogP contribution in [0.2, 0.25) is 0 Å². The summed E-state index contributed by atoms with van der Waals surface area (Å²) in [6.45, 7) is 0. The first-order chi connectivity index (χ1) is 9.06. The second-order valence-corrected chi connectivity index (χ2v) is 4.98. The highest BCUT2D eigenvalue weighted by Crippen LogP contribution is 2.14. The summed E-state index contributed by atoms with van der Waals surface area (Å²) in [6.07, 6.45) is 1.36. The van der Waals surface area contributed by atoms with Crippen molar-refractivity contribution in [3.8, 4) is 0 Å². The molecule has 98 valence electrons. The number of hydrogen-bond acceptors (Lipinski definition) is 2. The van der Waals surface area contributed by atoms with Crippen LogP contribution in [0, 0.1) is 11.6 Å². The monoisotopic (exact) mass is 325 g/mol. The average molecular weight is 326 g/mol. The van der Waals surface area contributed by atoms with Gasteiger partial charge in [-0.1, -0.05) is 6.07 Å². The molecular weight excluding hydrogens is 316 g/mol. The van der Waals surface area contributed by atoms with E-state index in [2.05, 4.69) is 20.9 Å². The number of carbonyl (C=O) groups excluding carboxylic acids is 1. The second-order valence-electron chi connectivity index (χ2n) is 4.06. The molecule has 2 rings (SSSR count). The molecule has 1 heterocycles. The normalized spacial score (nSPS) is 10.5. The smallest absolute Gasteiger partial charge is 0.143 e. The Morgan fingerprint density at radius 1 is 1.11 bits per heavy atom. The minimum absolute atomic E-state index is 0.0566. The third-order valence-electron chi connectivity index (χ3n) is 2.60. The largest absolute Gasteiger partial charge is 0.299 e. The van der Waals surface area contributed by atoms with Gasteiger partial charge in [0.25, 0.3) is 0 Å². The van der Waals surface area contributed by atoms with E-state index in [1.807, 2.05) is 0 Å². The van der Waals surface area contributed by atoms with Crippen LogP contribution in [0.15, 0.2) is 41.0 Å². The molecule has 0 atom stereocenters. The van der Waals surface area contributed by atoms with Gasteiger partial charge in [-0.2, -0.15) is 0 Å². The topological polar surface area (TPSA) is 30.0 Å². The zero-order valence-electron chi connectivity index (χ0n) is 9.87. The molecule has 0 radical (unpaired) electrons. The van der Waals surface area contributed by atoms with Crippen LogP contribution < -0.4 is 0 Å². The Balaban J connectivity index is 2.07. The molecule has 0 aliphatic heterocycles. The predicted molar refractivity (Wildman–Crippen MR) is 70.7 cm³/mol. The summed E-state index contributed by atoms with van der Waals surface area (Å²) >= 11 is 3.24. The van der Waals surface area contributed by atoms with E-state index in [-0.39, 0.29) is 24.2 Å². The zero-order valence-corrected chi connectivity index (χ0v) is 11.5. The minimum atomic E-state index is -0.697. The molecule has 5 heteroatoms. The van der Waals surface area contributed by atoms with Gasteiger partial charge in [-0.25, -0.2) is 8.78 Å². The number of ketones is 1. The molecule has 0 aliphatic rings. The molecule has 0 bridgehead atoms. The van der Waals surface area contributed by atoms with Crippen LogP contribution in [0.5, 0.6) is 0 Å².